The molecule has 1 heterocycles. The Kier molecular flexibility index (Phi) is 5.26. The zero-order chi connectivity index (χ0) is 17.6. The van der Waals surface area contributed by atoms with Crippen molar-refractivity contribution in [1.82, 2.24) is 10.3 Å². The molecule has 0 saturated heterocycles. The molecule has 25 heavy (non-hydrogen) atoms. The van der Waals surface area contributed by atoms with Crippen molar-refractivity contribution >= 4 is 40.0 Å². The number of carbonyl (C=O) groups excluding carboxylic acids is 2. The van der Waals surface area contributed by atoms with Gasteiger partial charge in [-0.2, -0.15) is 0 Å². The molecule has 0 aliphatic rings. The van der Waals surface area contributed by atoms with Crippen molar-refractivity contribution in [3.63, 3.8) is 0 Å². The van der Waals surface area contributed by atoms with Gasteiger partial charge in [-0.05, 0) is 29.8 Å². The van der Waals surface area contributed by atoms with Gasteiger partial charge in [0.25, 0.3) is 0 Å². The normalized spacial score (nSPS) is 10.4. The molecular weight excluding hydrogens is 338 g/mol. The van der Waals surface area contributed by atoms with Gasteiger partial charge in [-0.25, -0.2) is 0 Å². The summed E-state index contributed by atoms with van der Waals surface area (Å²) in [5.74, 6) is -0.729. The number of para-hydroxylation sites is 1. The van der Waals surface area contributed by atoms with Crippen molar-refractivity contribution in [3.8, 4) is 0 Å². The Morgan fingerprint density at radius 2 is 1.72 bits per heavy atom. The van der Waals surface area contributed by atoms with Crippen LogP contribution in [0.3, 0.4) is 0 Å². The summed E-state index contributed by atoms with van der Waals surface area (Å²) in [5, 5.41) is 7.02. The van der Waals surface area contributed by atoms with Crippen molar-refractivity contribution in [3.05, 3.63) is 71.4 Å². The number of hydrogen-bond acceptors (Lipinski definition) is 3. The van der Waals surface area contributed by atoms with Crippen LogP contribution in [-0.4, -0.2) is 16.8 Å². The topological polar surface area (TPSA) is 71.1 Å². The summed E-state index contributed by atoms with van der Waals surface area (Å²) in [5.41, 5.74) is 2.20. The van der Waals surface area contributed by atoms with Gasteiger partial charge in [0.2, 0.25) is 11.8 Å². The molecule has 2 aromatic carbocycles. The predicted octanol–water partition coefficient (Wildman–Crippen LogP) is 3.53. The molecule has 0 aliphatic heterocycles. The summed E-state index contributed by atoms with van der Waals surface area (Å²) in [6.45, 7) is 0.346. The van der Waals surface area contributed by atoms with Gasteiger partial charge in [-0.1, -0.05) is 41.9 Å². The van der Waals surface area contributed by atoms with Crippen LogP contribution in [0, 0.1) is 0 Å². The zero-order valence-corrected chi connectivity index (χ0v) is 14.1. The van der Waals surface area contributed by atoms with Crippen molar-refractivity contribution < 1.29 is 9.59 Å². The first kappa shape index (κ1) is 16.9. The van der Waals surface area contributed by atoms with Gasteiger partial charge in [0.1, 0.15) is 6.42 Å². The third-order valence-corrected chi connectivity index (χ3v) is 3.88. The van der Waals surface area contributed by atoms with Gasteiger partial charge in [0.15, 0.2) is 0 Å². The van der Waals surface area contributed by atoms with Gasteiger partial charge < -0.3 is 10.6 Å². The minimum atomic E-state index is -0.383. The Bertz CT molecular complexity index is 905. The Morgan fingerprint density at radius 1 is 0.960 bits per heavy atom. The number of nitrogens with one attached hydrogen (secondary N) is 2. The van der Waals surface area contributed by atoms with E-state index in [4.69, 9.17) is 11.6 Å². The van der Waals surface area contributed by atoms with E-state index in [-0.39, 0.29) is 18.2 Å². The van der Waals surface area contributed by atoms with Crippen LogP contribution in [0.2, 0.25) is 5.02 Å². The maximum absolute atomic E-state index is 12.1. The molecule has 2 N–H and O–H groups in total. The number of fused-ring (bicyclic) bond motifs is 1. The number of hydrogen-bond donors (Lipinski definition) is 2. The highest BCUT2D eigenvalue weighted by Crippen LogP contribution is 2.20. The van der Waals surface area contributed by atoms with E-state index in [1.165, 1.54) is 0 Å². The van der Waals surface area contributed by atoms with Crippen LogP contribution in [-0.2, 0) is 16.1 Å². The maximum atomic E-state index is 12.1. The first-order chi connectivity index (χ1) is 12.1. The van der Waals surface area contributed by atoms with E-state index in [0.717, 1.165) is 10.9 Å². The quantitative estimate of drug-likeness (QED) is 0.689. The second-order valence-corrected chi connectivity index (χ2v) is 5.95. The highest BCUT2D eigenvalue weighted by Gasteiger charge is 2.11. The minimum Gasteiger partial charge on any atom is -0.352 e. The van der Waals surface area contributed by atoms with Crippen LogP contribution in [0.5, 0.6) is 0 Å². The fraction of sp³-hybridized carbons (Fsp3) is 0.105. The van der Waals surface area contributed by atoms with Crippen LogP contribution in [0.15, 0.2) is 60.8 Å². The Morgan fingerprint density at radius 3 is 2.52 bits per heavy atom. The van der Waals surface area contributed by atoms with Crippen LogP contribution < -0.4 is 10.6 Å². The van der Waals surface area contributed by atoms with Crippen molar-refractivity contribution in [2.75, 3.05) is 5.32 Å². The van der Waals surface area contributed by atoms with E-state index in [1.807, 2.05) is 36.4 Å². The number of pyridine rings is 1. The molecule has 0 fully saturated rings. The highest BCUT2D eigenvalue weighted by molar-refractivity contribution is 6.30. The molecule has 0 aliphatic carbocycles. The molecule has 0 atom stereocenters. The lowest BCUT2D eigenvalue weighted by Crippen LogP contribution is -2.27. The molecule has 6 heteroatoms. The lowest BCUT2D eigenvalue weighted by Gasteiger charge is -2.08. The first-order valence-electron chi connectivity index (χ1n) is 7.76. The minimum absolute atomic E-state index is 0.253. The summed E-state index contributed by atoms with van der Waals surface area (Å²) in [6, 6.07) is 16.4. The van der Waals surface area contributed by atoms with Crippen molar-refractivity contribution in [1.29, 1.82) is 0 Å². The van der Waals surface area contributed by atoms with Crippen LogP contribution >= 0.6 is 11.6 Å². The number of carbonyl (C=O) groups is 2. The number of rotatable bonds is 5. The van der Waals surface area contributed by atoms with E-state index >= 15 is 0 Å². The zero-order valence-electron chi connectivity index (χ0n) is 13.3. The monoisotopic (exact) mass is 353 g/mol. The molecule has 126 valence electrons. The molecule has 5 nitrogen and oxygen atoms in total. The molecule has 3 aromatic rings. The lowest BCUT2D eigenvalue weighted by molar-refractivity contribution is -0.126. The Labute approximate surface area is 150 Å². The third-order valence-electron chi connectivity index (χ3n) is 3.63. The largest absolute Gasteiger partial charge is 0.352 e. The van der Waals surface area contributed by atoms with Crippen molar-refractivity contribution in [2.24, 2.45) is 0 Å². The first-order valence-corrected chi connectivity index (χ1v) is 8.14. The van der Waals surface area contributed by atoms with Crippen LogP contribution in [0.25, 0.3) is 10.9 Å². The predicted molar refractivity (Wildman–Crippen MR) is 98.3 cm³/mol. The molecule has 3 rings (SSSR count). The number of anilines is 1. The fourth-order valence-corrected chi connectivity index (χ4v) is 2.54. The molecule has 0 bridgehead atoms. The Hall–Kier alpha value is -2.92. The summed E-state index contributed by atoms with van der Waals surface area (Å²) < 4.78 is 0. The fourth-order valence-electron chi connectivity index (χ4n) is 2.41. The van der Waals surface area contributed by atoms with Gasteiger partial charge in [0.05, 0.1) is 11.2 Å². The van der Waals surface area contributed by atoms with E-state index in [1.54, 1.807) is 24.4 Å². The summed E-state index contributed by atoms with van der Waals surface area (Å²) in [6.07, 6.45) is 1.41. The molecular formula is C19H16ClN3O2. The summed E-state index contributed by atoms with van der Waals surface area (Å²) in [4.78, 5) is 28.3. The lowest BCUT2D eigenvalue weighted by atomic mass is 10.2. The number of benzene rings is 2. The summed E-state index contributed by atoms with van der Waals surface area (Å²) >= 11 is 5.82. The van der Waals surface area contributed by atoms with E-state index in [9.17, 15) is 9.59 Å². The van der Waals surface area contributed by atoms with E-state index in [2.05, 4.69) is 15.6 Å². The van der Waals surface area contributed by atoms with Crippen LogP contribution in [0.1, 0.15) is 12.0 Å². The molecule has 1 aromatic heterocycles. The SMILES string of the molecule is O=C(CC(=O)Nc1cccc2cccnc12)NCc1ccc(Cl)cc1. The van der Waals surface area contributed by atoms with Gasteiger partial charge in [-0.15, -0.1) is 0 Å². The molecule has 0 unspecified atom stereocenters. The molecule has 0 radical (unpaired) electrons. The van der Waals surface area contributed by atoms with Crippen molar-refractivity contribution in [2.45, 2.75) is 13.0 Å². The van der Waals surface area contributed by atoms with Gasteiger partial charge in [0, 0.05) is 23.2 Å². The summed E-state index contributed by atoms with van der Waals surface area (Å²) in [7, 11) is 0. The highest BCUT2D eigenvalue weighted by atomic mass is 35.5. The van der Waals surface area contributed by atoms with E-state index in [0.29, 0.717) is 22.8 Å². The van der Waals surface area contributed by atoms with Gasteiger partial charge in [-0.3, -0.25) is 14.6 Å². The molecule has 0 spiro atoms. The second kappa shape index (κ2) is 7.77. The third kappa shape index (κ3) is 4.55. The molecule has 0 saturated carbocycles. The number of amides is 2. The van der Waals surface area contributed by atoms with Gasteiger partial charge >= 0.3 is 0 Å². The second-order valence-electron chi connectivity index (χ2n) is 5.51. The number of aromatic nitrogens is 1. The average Bonchev–Trinajstić information content (AvgIpc) is 2.61. The number of halogens is 1. The smallest absolute Gasteiger partial charge is 0.233 e. The average molecular weight is 354 g/mol. The molecule has 2 amide bonds. The standard InChI is InChI=1S/C19H16ClN3O2/c20-15-8-6-13(7-9-15)12-22-17(24)11-18(25)23-16-5-1-3-14-4-2-10-21-19(14)16/h1-10H,11-12H2,(H,22,24)(H,23,25). The van der Waals surface area contributed by atoms with Crippen LogP contribution in [0.4, 0.5) is 5.69 Å². The maximum Gasteiger partial charge on any atom is 0.233 e. The Balaban J connectivity index is 1.56. The number of nitrogens with zero attached hydrogens (tertiary/aromatic N) is 1. The van der Waals surface area contributed by atoms with E-state index < -0.39 is 0 Å².